The molecule has 1 aliphatic rings. The molecule has 1 fully saturated rings. The number of hydrogen-bond acceptors (Lipinski definition) is 4. The predicted octanol–water partition coefficient (Wildman–Crippen LogP) is 1.42. The number of ether oxygens (including phenoxy) is 2. The maximum absolute atomic E-state index is 11.5. The number of nitrogens with zero attached hydrogens (tertiary/aromatic N) is 1. The van der Waals surface area contributed by atoms with Crippen LogP contribution in [0, 0.1) is 5.92 Å². The van der Waals surface area contributed by atoms with Gasteiger partial charge in [-0.3, -0.25) is 4.79 Å². The van der Waals surface area contributed by atoms with Gasteiger partial charge in [0.25, 0.3) is 0 Å². The Morgan fingerprint density at radius 3 is 2.56 bits per heavy atom. The van der Waals surface area contributed by atoms with Gasteiger partial charge in [0.15, 0.2) is 0 Å². The summed E-state index contributed by atoms with van der Waals surface area (Å²) in [5, 5.41) is 0. The van der Waals surface area contributed by atoms with E-state index < -0.39 is 0 Å². The molecule has 0 radical (unpaired) electrons. The van der Waals surface area contributed by atoms with Crippen molar-refractivity contribution in [2.45, 2.75) is 26.7 Å². The molecule has 1 aliphatic heterocycles. The van der Waals surface area contributed by atoms with Crippen LogP contribution >= 0.6 is 0 Å². The van der Waals surface area contributed by atoms with E-state index in [4.69, 9.17) is 9.47 Å². The minimum absolute atomic E-state index is 0.196. The average Bonchev–Trinajstić information content (AvgIpc) is 2.30. The average molecular weight is 229 g/mol. The highest BCUT2D eigenvalue weighted by atomic mass is 16.6. The lowest BCUT2D eigenvalue weighted by Gasteiger charge is -2.30. The van der Waals surface area contributed by atoms with Crippen LogP contribution in [0.3, 0.4) is 0 Å². The molecule has 0 saturated carbocycles. The number of piperidine rings is 1. The molecule has 1 heterocycles. The number of hydrogen-bond donors (Lipinski definition) is 0. The van der Waals surface area contributed by atoms with Crippen molar-refractivity contribution in [3.05, 3.63) is 0 Å². The van der Waals surface area contributed by atoms with Crippen molar-refractivity contribution in [3.8, 4) is 0 Å². The van der Waals surface area contributed by atoms with Crippen LogP contribution in [0.15, 0.2) is 0 Å². The minimum atomic E-state index is -0.337. The quantitative estimate of drug-likeness (QED) is 0.687. The van der Waals surface area contributed by atoms with Crippen molar-refractivity contribution < 1.29 is 19.1 Å². The third-order valence-corrected chi connectivity index (χ3v) is 2.57. The Kier molecular flexibility index (Phi) is 5.08. The third-order valence-electron chi connectivity index (χ3n) is 2.57. The lowest BCUT2D eigenvalue weighted by molar-refractivity contribution is -0.149. The van der Waals surface area contributed by atoms with E-state index in [0.717, 1.165) is 12.8 Å². The number of likely N-dealkylation sites (tertiary alicyclic amines) is 1. The Labute approximate surface area is 95.7 Å². The van der Waals surface area contributed by atoms with Crippen molar-refractivity contribution in [2.24, 2.45) is 5.92 Å². The molecule has 1 atom stereocenters. The fourth-order valence-corrected chi connectivity index (χ4v) is 1.81. The molecule has 0 aromatic rings. The van der Waals surface area contributed by atoms with Crippen molar-refractivity contribution in [2.75, 3.05) is 26.3 Å². The number of rotatable bonds is 3. The van der Waals surface area contributed by atoms with E-state index in [1.807, 2.05) is 0 Å². The Bertz CT molecular complexity index is 230. The van der Waals surface area contributed by atoms with Crippen LogP contribution in [-0.4, -0.2) is 43.3 Å². The monoisotopic (exact) mass is 229 g/mol. The molecule has 1 amide bonds. The fourth-order valence-electron chi connectivity index (χ4n) is 1.81. The normalized spacial score (nSPS) is 20.4. The molecule has 0 N–H and O–H groups in total. The zero-order valence-corrected chi connectivity index (χ0v) is 9.90. The van der Waals surface area contributed by atoms with Gasteiger partial charge in [-0.25, -0.2) is 4.79 Å². The van der Waals surface area contributed by atoms with E-state index in [1.165, 1.54) is 0 Å². The molecule has 16 heavy (non-hydrogen) atoms. The Balaban J connectivity index is 2.46. The Hall–Kier alpha value is -1.26. The van der Waals surface area contributed by atoms with E-state index >= 15 is 0 Å². The van der Waals surface area contributed by atoms with Crippen molar-refractivity contribution >= 4 is 12.1 Å². The highest BCUT2D eigenvalue weighted by molar-refractivity contribution is 5.74. The second-order valence-electron chi connectivity index (χ2n) is 3.74. The summed E-state index contributed by atoms with van der Waals surface area (Å²) in [4.78, 5) is 24.6. The Morgan fingerprint density at radius 2 is 1.94 bits per heavy atom. The van der Waals surface area contributed by atoms with Gasteiger partial charge >= 0.3 is 12.1 Å². The molecule has 0 spiro atoms. The van der Waals surface area contributed by atoms with Gasteiger partial charge in [0.2, 0.25) is 0 Å². The summed E-state index contributed by atoms with van der Waals surface area (Å²) in [6.45, 7) is 5.37. The van der Waals surface area contributed by atoms with E-state index in [9.17, 15) is 9.59 Å². The van der Waals surface area contributed by atoms with E-state index in [-0.39, 0.29) is 18.0 Å². The van der Waals surface area contributed by atoms with Crippen LogP contribution in [0.5, 0.6) is 0 Å². The van der Waals surface area contributed by atoms with Crippen LogP contribution in [0.25, 0.3) is 0 Å². The molecule has 92 valence electrons. The molecular weight excluding hydrogens is 210 g/mol. The largest absolute Gasteiger partial charge is 0.466 e. The Morgan fingerprint density at radius 1 is 1.25 bits per heavy atom. The van der Waals surface area contributed by atoms with Gasteiger partial charge in [-0.15, -0.1) is 0 Å². The maximum Gasteiger partial charge on any atom is 0.409 e. The molecule has 0 aromatic heterocycles. The zero-order valence-electron chi connectivity index (χ0n) is 9.90. The van der Waals surface area contributed by atoms with Crippen molar-refractivity contribution in [1.29, 1.82) is 0 Å². The molecule has 1 unspecified atom stereocenters. The number of carbonyl (C=O) groups is 2. The van der Waals surface area contributed by atoms with Crippen LogP contribution in [0.4, 0.5) is 4.79 Å². The van der Waals surface area contributed by atoms with Crippen LogP contribution in [-0.2, 0) is 14.3 Å². The number of carbonyl (C=O) groups excluding carboxylic acids is 2. The number of amides is 1. The topological polar surface area (TPSA) is 55.8 Å². The fraction of sp³-hybridized carbons (Fsp3) is 0.818. The van der Waals surface area contributed by atoms with Gasteiger partial charge in [0.05, 0.1) is 19.1 Å². The summed E-state index contributed by atoms with van der Waals surface area (Å²) in [5.41, 5.74) is 0. The second-order valence-corrected chi connectivity index (χ2v) is 3.74. The van der Waals surface area contributed by atoms with Crippen molar-refractivity contribution in [3.63, 3.8) is 0 Å². The van der Waals surface area contributed by atoms with E-state index in [2.05, 4.69) is 0 Å². The molecule has 1 saturated heterocycles. The van der Waals surface area contributed by atoms with Gasteiger partial charge < -0.3 is 14.4 Å². The summed E-state index contributed by atoms with van der Waals surface area (Å²) in [5.74, 6) is -0.408. The molecule has 1 rings (SSSR count). The molecule has 5 nitrogen and oxygen atoms in total. The summed E-state index contributed by atoms with van der Waals surface area (Å²) < 4.78 is 9.86. The zero-order chi connectivity index (χ0) is 12.0. The summed E-state index contributed by atoms with van der Waals surface area (Å²) in [7, 11) is 0. The second kappa shape index (κ2) is 6.35. The minimum Gasteiger partial charge on any atom is -0.466 e. The third kappa shape index (κ3) is 3.40. The molecule has 0 aliphatic carbocycles. The highest BCUT2D eigenvalue weighted by Gasteiger charge is 2.29. The SMILES string of the molecule is CCOC(=O)C1CCCN(C(=O)OCC)C1. The van der Waals surface area contributed by atoms with E-state index in [0.29, 0.717) is 26.3 Å². The first-order chi connectivity index (χ1) is 7.69. The predicted molar refractivity (Wildman–Crippen MR) is 58.0 cm³/mol. The van der Waals surface area contributed by atoms with Gasteiger partial charge in [0, 0.05) is 13.1 Å². The first kappa shape index (κ1) is 12.8. The molecular formula is C11H19NO4. The van der Waals surface area contributed by atoms with Gasteiger partial charge in [-0.2, -0.15) is 0 Å². The van der Waals surface area contributed by atoms with Crippen LogP contribution in [0.2, 0.25) is 0 Å². The summed E-state index contributed by atoms with van der Waals surface area (Å²) >= 11 is 0. The lowest BCUT2D eigenvalue weighted by atomic mass is 9.99. The first-order valence-corrected chi connectivity index (χ1v) is 5.77. The molecule has 5 heteroatoms. The lowest BCUT2D eigenvalue weighted by Crippen LogP contribution is -2.43. The summed E-state index contributed by atoms with van der Waals surface area (Å²) in [6, 6.07) is 0. The standard InChI is InChI=1S/C11H19NO4/c1-3-15-10(13)9-6-5-7-12(8-9)11(14)16-4-2/h9H,3-8H2,1-2H3. The van der Waals surface area contributed by atoms with Gasteiger partial charge in [-0.1, -0.05) is 0 Å². The number of esters is 1. The molecule has 0 aromatic carbocycles. The summed E-state index contributed by atoms with van der Waals surface area (Å²) in [6.07, 6.45) is 1.27. The van der Waals surface area contributed by atoms with Gasteiger partial charge in [-0.05, 0) is 26.7 Å². The van der Waals surface area contributed by atoms with Crippen LogP contribution in [0.1, 0.15) is 26.7 Å². The van der Waals surface area contributed by atoms with Crippen molar-refractivity contribution in [1.82, 2.24) is 4.90 Å². The molecule has 0 bridgehead atoms. The highest BCUT2D eigenvalue weighted by Crippen LogP contribution is 2.18. The van der Waals surface area contributed by atoms with Gasteiger partial charge in [0.1, 0.15) is 0 Å². The smallest absolute Gasteiger partial charge is 0.409 e. The first-order valence-electron chi connectivity index (χ1n) is 5.77. The van der Waals surface area contributed by atoms with E-state index in [1.54, 1.807) is 18.7 Å². The maximum atomic E-state index is 11.5. The van der Waals surface area contributed by atoms with Crippen LogP contribution < -0.4 is 0 Å².